The van der Waals surface area contributed by atoms with E-state index in [1.807, 2.05) is 7.05 Å². The number of rotatable bonds is 7. The first kappa shape index (κ1) is 21.7. The molecule has 0 aliphatic heterocycles. The fourth-order valence-electron chi connectivity index (χ4n) is 2.12. The molecule has 0 atom stereocenters. The molecule has 0 amide bonds. The average molecular weight is 433 g/mol. The number of hydrogen-bond acceptors (Lipinski definition) is 3. The van der Waals surface area contributed by atoms with E-state index in [9.17, 15) is 4.79 Å². The highest BCUT2D eigenvalue weighted by Gasteiger charge is 2.06. The van der Waals surface area contributed by atoms with E-state index in [-0.39, 0.29) is 29.9 Å². The quantitative estimate of drug-likeness (QED) is 0.236. The van der Waals surface area contributed by atoms with Crippen LogP contribution in [0.3, 0.4) is 0 Å². The zero-order valence-corrected chi connectivity index (χ0v) is 16.8. The van der Waals surface area contributed by atoms with Gasteiger partial charge in [0.05, 0.1) is 7.11 Å². The van der Waals surface area contributed by atoms with Crippen molar-refractivity contribution in [2.24, 2.45) is 4.99 Å². The molecule has 0 radical (unpaired) electrons. The third-order valence-corrected chi connectivity index (χ3v) is 3.43. The van der Waals surface area contributed by atoms with Crippen molar-refractivity contribution in [2.75, 3.05) is 27.7 Å². The van der Waals surface area contributed by atoms with Gasteiger partial charge >= 0.3 is 5.97 Å². The number of halogens is 1. The summed E-state index contributed by atoms with van der Waals surface area (Å²) in [5, 5.41) is 3.32. The highest BCUT2D eigenvalue weighted by Crippen LogP contribution is 2.06. The Balaban J connectivity index is 0.00000484. The van der Waals surface area contributed by atoms with E-state index >= 15 is 0 Å². The lowest BCUT2D eigenvalue weighted by molar-refractivity contribution is -0.140. The molecule has 0 aliphatic rings. The van der Waals surface area contributed by atoms with Crippen LogP contribution in [-0.4, -0.2) is 44.6 Å². The van der Waals surface area contributed by atoms with Gasteiger partial charge in [-0.1, -0.05) is 29.8 Å². The van der Waals surface area contributed by atoms with Gasteiger partial charge in [-0.15, -0.1) is 24.0 Å². The topological polar surface area (TPSA) is 53.9 Å². The first-order valence-electron chi connectivity index (χ1n) is 7.61. The zero-order chi connectivity index (χ0) is 16.4. The molecule has 0 aliphatic carbocycles. The fourth-order valence-corrected chi connectivity index (χ4v) is 2.12. The molecule has 0 saturated heterocycles. The summed E-state index contributed by atoms with van der Waals surface area (Å²) in [4.78, 5) is 17.4. The largest absolute Gasteiger partial charge is 0.469 e. The maximum atomic E-state index is 11.0. The lowest BCUT2D eigenvalue weighted by Gasteiger charge is -2.22. The molecule has 0 unspecified atom stereocenters. The van der Waals surface area contributed by atoms with Crippen LogP contribution in [0.4, 0.5) is 0 Å². The van der Waals surface area contributed by atoms with Crippen LogP contribution in [-0.2, 0) is 16.1 Å². The number of methoxy groups -OCH3 is 1. The minimum absolute atomic E-state index is 0. The van der Waals surface area contributed by atoms with E-state index in [1.54, 1.807) is 7.05 Å². The predicted octanol–water partition coefficient (Wildman–Crippen LogP) is 2.96. The summed E-state index contributed by atoms with van der Waals surface area (Å²) in [6.07, 6.45) is 2.20. The number of aryl methyl sites for hydroxylation is 1. The summed E-state index contributed by atoms with van der Waals surface area (Å²) in [5.41, 5.74) is 2.52. The summed E-state index contributed by atoms with van der Waals surface area (Å²) in [6.45, 7) is 3.69. The third kappa shape index (κ3) is 8.78. The van der Waals surface area contributed by atoms with Crippen LogP contribution in [0.5, 0.6) is 0 Å². The second-order valence-corrected chi connectivity index (χ2v) is 5.35. The van der Waals surface area contributed by atoms with Gasteiger partial charge in [-0.2, -0.15) is 0 Å². The average Bonchev–Trinajstić information content (AvgIpc) is 2.52. The van der Waals surface area contributed by atoms with Crippen LogP contribution < -0.4 is 5.32 Å². The third-order valence-electron chi connectivity index (χ3n) is 3.43. The van der Waals surface area contributed by atoms with Crippen molar-refractivity contribution in [3.8, 4) is 0 Å². The molecule has 23 heavy (non-hydrogen) atoms. The van der Waals surface area contributed by atoms with Crippen molar-refractivity contribution < 1.29 is 9.53 Å². The molecule has 1 aromatic rings. The van der Waals surface area contributed by atoms with Gasteiger partial charge in [-0.25, -0.2) is 0 Å². The van der Waals surface area contributed by atoms with E-state index in [0.29, 0.717) is 6.42 Å². The lowest BCUT2D eigenvalue weighted by atomic mass is 10.1. The summed E-state index contributed by atoms with van der Waals surface area (Å²) in [6, 6.07) is 8.50. The highest BCUT2D eigenvalue weighted by atomic mass is 127. The monoisotopic (exact) mass is 433 g/mol. The molecule has 1 rings (SSSR count). The molecule has 6 heteroatoms. The number of guanidine groups is 1. The van der Waals surface area contributed by atoms with Crippen molar-refractivity contribution in [2.45, 2.75) is 32.7 Å². The van der Waals surface area contributed by atoms with E-state index in [4.69, 9.17) is 0 Å². The molecule has 0 saturated carbocycles. The Kier molecular flexibility index (Phi) is 11.5. The minimum atomic E-state index is -0.152. The van der Waals surface area contributed by atoms with Crippen molar-refractivity contribution in [3.63, 3.8) is 0 Å². The van der Waals surface area contributed by atoms with Gasteiger partial charge in [0.1, 0.15) is 0 Å². The number of carbonyl (C=O) groups excluding carboxylic acids is 1. The standard InChI is InChI=1S/C17H27N3O2.HI/c1-14-8-10-15(11-9-14)13-20(3)17(18-2)19-12-6-5-7-16(21)22-4;/h8-11H,5-7,12-13H2,1-4H3,(H,18,19);1H. The number of unbranched alkanes of at least 4 members (excludes halogenated alkanes) is 1. The molecule has 0 bridgehead atoms. The Bertz CT molecular complexity index is 489. The number of ether oxygens (including phenoxy) is 1. The van der Waals surface area contributed by atoms with Crippen molar-refractivity contribution >= 4 is 35.9 Å². The number of nitrogens with one attached hydrogen (secondary N) is 1. The molecule has 5 nitrogen and oxygen atoms in total. The molecule has 0 spiro atoms. The fraction of sp³-hybridized carbons (Fsp3) is 0.529. The number of aliphatic imine (C=N–C) groups is 1. The zero-order valence-electron chi connectivity index (χ0n) is 14.5. The van der Waals surface area contributed by atoms with Crippen LogP contribution in [0.25, 0.3) is 0 Å². The van der Waals surface area contributed by atoms with Gasteiger partial charge < -0.3 is 15.0 Å². The molecule has 0 heterocycles. The molecular formula is C17H28IN3O2. The van der Waals surface area contributed by atoms with E-state index < -0.39 is 0 Å². The Morgan fingerprint density at radius 3 is 2.48 bits per heavy atom. The first-order valence-corrected chi connectivity index (χ1v) is 7.61. The van der Waals surface area contributed by atoms with Gasteiger partial charge in [0.2, 0.25) is 0 Å². The SMILES string of the molecule is CN=C(NCCCCC(=O)OC)N(C)Cc1ccc(C)cc1.I. The van der Waals surface area contributed by atoms with E-state index in [1.165, 1.54) is 18.2 Å². The van der Waals surface area contributed by atoms with Gasteiger partial charge in [-0.05, 0) is 25.3 Å². The lowest BCUT2D eigenvalue weighted by Crippen LogP contribution is -2.38. The van der Waals surface area contributed by atoms with Gasteiger partial charge in [0, 0.05) is 33.6 Å². The predicted molar refractivity (Wildman–Crippen MR) is 105 cm³/mol. The maximum absolute atomic E-state index is 11.0. The Morgan fingerprint density at radius 2 is 1.91 bits per heavy atom. The Labute approximate surface area is 156 Å². The van der Waals surface area contributed by atoms with Crippen molar-refractivity contribution in [3.05, 3.63) is 35.4 Å². The number of benzene rings is 1. The second kappa shape index (κ2) is 12.2. The van der Waals surface area contributed by atoms with Crippen LogP contribution in [0.2, 0.25) is 0 Å². The van der Waals surface area contributed by atoms with E-state index in [0.717, 1.165) is 31.9 Å². The van der Waals surface area contributed by atoms with Crippen LogP contribution in [0.1, 0.15) is 30.4 Å². The molecule has 130 valence electrons. The van der Waals surface area contributed by atoms with Crippen molar-refractivity contribution in [1.29, 1.82) is 0 Å². The summed E-state index contributed by atoms with van der Waals surface area (Å²) < 4.78 is 4.62. The van der Waals surface area contributed by atoms with Gasteiger partial charge in [0.15, 0.2) is 5.96 Å². The Morgan fingerprint density at radius 1 is 1.26 bits per heavy atom. The number of nitrogens with zero attached hydrogens (tertiary/aromatic N) is 2. The summed E-state index contributed by atoms with van der Waals surface area (Å²) in [5.74, 6) is 0.708. The van der Waals surface area contributed by atoms with Crippen LogP contribution in [0.15, 0.2) is 29.3 Å². The molecular weight excluding hydrogens is 405 g/mol. The number of esters is 1. The molecule has 0 fully saturated rings. The molecule has 0 aromatic heterocycles. The molecule has 1 N–H and O–H groups in total. The van der Waals surface area contributed by atoms with E-state index in [2.05, 4.69) is 51.1 Å². The normalized spacial score (nSPS) is 10.7. The Hall–Kier alpha value is -1.31. The summed E-state index contributed by atoms with van der Waals surface area (Å²) in [7, 11) is 5.22. The number of hydrogen-bond donors (Lipinski definition) is 1. The van der Waals surface area contributed by atoms with Gasteiger partial charge in [-0.3, -0.25) is 9.79 Å². The van der Waals surface area contributed by atoms with Crippen molar-refractivity contribution in [1.82, 2.24) is 10.2 Å². The van der Waals surface area contributed by atoms with Crippen LogP contribution in [0, 0.1) is 6.92 Å². The minimum Gasteiger partial charge on any atom is -0.469 e. The number of carbonyl (C=O) groups is 1. The summed E-state index contributed by atoms with van der Waals surface area (Å²) >= 11 is 0. The maximum Gasteiger partial charge on any atom is 0.305 e. The smallest absolute Gasteiger partial charge is 0.305 e. The van der Waals surface area contributed by atoms with Crippen LogP contribution >= 0.6 is 24.0 Å². The van der Waals surface area contributed by atoms with Gasteiger partial charge in [0.25, 0.3) is 0 Å². The first-order chi connectivity index (χ1) is 10.6. The highest BCUT2D eigenvalue weighted by molar-refractivity contribution is 14.0. The second-order valence-electron chi connectivity index (χ2n) is 5.35. The molecule has 1 aromatic carbocycles.